The third-order valence-corrected chi connectivity index (χ3v) is 2.80. The fourth-order valence-electron chi connectivity index (χ4n) is 1.90. The van der Waals surface area contributed by atoms with Crippen molar-refractivity contribution in [2.45, 2.75) is 6.92 Å². The highest BCUT2D eigenvalue weighted by Gasteiger charge is 2.02. The van der Waals surface area contributed by atoms with E-state index in [2.05, 4.69) is 22.1 Å². The first-order valence-electron chi connectivity index (χ1n) is 5.54. The summed E-state index contributed by atoms with van der Waals surface area (Å²) in [7, 11) is 0. The smallest absolute Gasteiger partial charge is 0.0743 e. The lowest BCUT2D eigenvalue weighted by Gasteiger charge is -2.04. The van der Waals surface area contributed by atoms with Gasteiger partial charge in [0.1, 0.15) is 0 Å². The molecule has 0 N–H and O–H groups in total. The van der Waals surface area contributed by atoms with E-state index in [1.54, 1.807) is 6.20 Å². The first-order chi connectivity index (χ1) is 8.34. The molecule has 81 valence electrons. The summed E-state index contributed by atoms with van der Waals surface area (Å²) < 4.78 is 0. The van der Waals surface area contributed by atoms with Gasteiger partial charge in [0.2, 0.25) is 0 Å². The fourth-order valence-corrected chi connectivity index (χ4v) is 1.90. The van der Waals surface area contributed by atoms with Gasteiger partial charge in [-0.3, -0.25) is 4.98 Å². The Morgan fingerprint density at radius 1 is 1.06 bits per heavy atom. The predicted octanol–water partition coefficient (Wildman–Crippen LogP) is 3.41. The van der Waals surface area contributed by atoms with Crippen LogP contribution in [0.3, 0.4) is 0 Å². The molecule has 0 saturated heterocycles. The average Bonchev–Trinajstić information content (AvgIpc) is 2.40. The van der Waals surface area contributed by atoms with E-state index in [1.165, 1.54) is 0 Å². The van der Waals surface area contributed by atoms with Gasteiger partial charge >= 0.3 is 0 Å². The molecule has 2 heterocycles. The zero-order valence-electron chi connectivity index (χ0n) is 9.51. The van der Waals surface area contributed by atoms with Crippen LogP contribution in [0.2, 0.25) is 0 Å². The summed E-state index contributed by atoms with van der Waals surface area (Å²) in [6.07, 6.45) is 1.79. The highest BCUT2D eigenvalue weighted by Crippen LogP contribution is 2.21. The number of pyridine rings is 2. The first kappa shape index (κ1) is 9.97. The van der Waals surface area contributed by atoms with Crippen LogP contribution in [0.5, 0.6) is 0 Å². The van der Waals surface area contributed by atoms with Gasteiger partial charge in [-0.25, -0.2) is 4.98 Å². The minimum absolute atomic E-state index is 0.948. The standard InChI is InChI=1S/C15H11N2/c1-11-13-7-8-14(12-5-3-2-4-6-12)17-15(13)9-10-16-11/h2-5,7-10H,1H3. The molecule has 0 bridgehead atoms. The van der Waals surface area contributed by atoms with Crippen molar-refractivity contribution in [1.82, 2.24) is 9.97 Å². The van der Waals surface area contributed by atoms with Crippen LogP contribution in [-0.4, -0.2) is 9.97 Å². The van der Waals surface area contributed by atoms with Crippen molar-refractivity contribution in [3.8, 4) is 11.3 Å². The van der Waals surface area contributed by atoms with Gasteiger partial charge < -0.3 is 0 Å². The molecule has 0 aliphatic heterocycles. The largest absolute Gasteiger partial charge is 0.261 e. The van der Waals surface area contributed by atoms with Gasteiger partial charge in [-0.15, -0.1) is 0 Å². The van der Waals surface area contributed by atoms with E-state index in [0.717, 1.165) is 27.9 Å². The average molecular weight is 219 g/mol. The lowest BCUT2D eigenvalue weighted by molar-refractivity contribution is 1.22. The number of fused-ring (bicyclic) bond motifs is 1. The molecule has 0 atom stereocenters. The zero-order valence-corrected chi connectivity index (χ0v) is 9.51. The Morgan fingerprint density at radius 3 is 2.82 bits per heavy atom. The summed E-state index contributed by atoms with van der Waals surface area (Å²) in [5.41, 5.74) is 3.96. The van der Waals surface area contributed by atoms with E-state index in [4.69, 9.17) is 0 Å². The van der Waals surface area contributed by atoms with Crippen LogP contribution >= 0.6 is 0 Å². The minimum Gasteiger partial charge on any atom is -0.261 e. The van der Waals surface area contributed by atoms with Gasteiger partial charge in [-0.1, -0.05) is 24.3 Å². The second-order valence-corrected chi connectivity index (χ2v) is 3.94. The van der Waals surface area contributed by atoms with Crippen LogP contribution in [-0.2, 0) is 0 Å². The van der Waals surface area contributed by atoms with Crippen LogP contribution in [0.4, 0.5) is 0 Å². The van der Waals surface area contributed by atoms with E-state index < -0.39 is 0 Å². The van der Waals surface area contributed by atoms with E-state index in [-0.39, 0.29) is 0 Å². The van der Waals surface area contributed by atoms with Crippen molar-refractivity contribution in [2.75, 3.05) is 0 Å². The molecule has 3 aromatic rings. The molecule has 3 rings (SSSR count). The van der Waals surface area contributed by atoms with Crippen molar-refractivity contribution in [3.05, 3.63) is 60.4 Å². The summed E-state index contributed by atoms with van der Waals surface area (Å²) in [5.74, 6) is 0. The molecule has 0 saturated carbocycles. The number of nitrogens with zero attached hydrogens (tertiary/aromatic N) is 2. The lowest BCUT2D eigenvalue weighted by Crippen LogP contribution is -1.88. The fraction of sp³-hybridized carbons (Fsp3) is 0.0667. The Morgan fingerprint density at radius 2 is 2.00 bits per heavy atom. The van der Waals surface area contributed by atoms with Crippen molar-refractivity contribution in [1.29, 1.82) is 0 Å². The molecule has 0 aliphatic rings. The van der Waals surface area contributed by atoms with Gasteiger partial charge in [-0.05, 0) is 31.2 Å². The normalized spacial score (nSPS) is 10.6. The Labute approximate surface area is 100.0 Å². The van der Waals surface area contributed by atoms with Crippen molar-refractivity contribution in [3.63, 3.8) is 0 Å². The van der Waals surface area contributed by atoms with Gasteiger partial charge in [0, 0.05) is 22.8 Å². The van der Waals surface area contributed by atoms with Gasteiger partial charge in [0.15, 0.2) is 0 Å². The summed E-state index contributed by atoms with van der Waals surface area (Å²) in [6, 6.07) is 17.1. The maximum atomic E-state index is 4.64. The van der Waals surface area contributed by atoms with E-state index >= 15 is 0 Å². The molecule has 0 aliphatic carbocycles. The Hall–Kier alpha value is -2.22. The third-order valence-electron chi connectivity index (χ3n) is 2.80. The van der Waals surface area contributed by atoms with E-state index in [0.29, 0.717) is 0 Å². The number of aromatic nitrogens is 2. The van der Waals surface area contributed by atoms with Gasteiger partial charge in [0.25, 0.3) is 0 Å². The molecule has 2 aromatic heterocycles. The van der Waals surface area contributed by atoms with Crippen LogP contribution in [0, 0.1) is 13.0 Å². The Bertz CT molecular complexity index is 660. The number of rotatable bonds is 1. The molecule has 17 heavy (non-hydrogen) atoms. The zero-order chi connectivity index (χ0) is 11.7. The number of hydrogen-bond donors (Lipinski definition) is 0. The van der Waals surface area contributed by atoms with Gasteiger partial charge in [0.05, 0.1) is 11.2 Å². The topological polar surface area (TPSA) is 25.8 Å². The molecular weight excluding hydrogens is 208 g/mol. The van der Waals surface area contributed by atoms with Crippen LogP contribution in [0.15, 0.2) is 48.7 Å². The first-order valence-corrected chi connectivity index (χ1v) is 5.54. The van der Waals surface area contributed by atoms with E-state index in [1.807, 2.05) is 43.3 Å². The maximum absolute atomic E-state index is 4.64. The molecule has 1 radical (unpaired) electrons. The summed E-state index contributed by atoms with van der Waals surface area (Å²) in [5, 5.41) is 1.10. The molecule has 0 amide bonds. The summed E-state index contributed by atoms with van der Waals surface area (Å²) in [6.45, 7) is 2.00. The second-order valence-electron chi connectivity index (χ2n) is 3.94. The molecule has 2 nitrogen and oxygen atoms in total. The number of benzene rings is 1. The minimum atomic E-state index is 0.948. The highest BCUT2D eigenvalue weighted by molar-refractivity contribution is 5.83. The van der Waals surface area contributed by atoms with Crippen molar-refractivity contribution < 1.29 is 0 Å². The van der Waals surface area contributed by atoms with E-state index in [9.17, 15) is 0 Å². The number of aryl methyl sites for hydroxylation is 1. The van der Waals surface area contributed by atoms with Gasteiger partial charge in [-0.2, -0.15) is 0 Å². The molecule has 0 unspecified atom stereocenters. The quantitative estimate of drug-likeness (QED) is 0.626. The molecule has 0 spiro atoms. The van der Waals surface area contributed by atoms with Crippen molar-refractivity contribution >= 4 is 10.9 Å². The van der Waals surface area contributed by atoms with Crippen LogP contribution in [0.1, 0.15) is 5.69 Å². The Balaban J connectivity index is 2.21. The van der Waals surface area contributed by atoms with Crippen LogP contribution in [0.25, 0.3) is 22.2 Å². The van der Waals surface area contributed by atoms with Crippen LogP contribution < -0.4 is 0 Å². The summed E-state index contributed by atoms with van der Waals surface area (Å²) in [4.78, 5) is 8.90. The third kappa shape index (κ3) is 1.78. The van der Waals surface area contributed by atoms with Crippen molar-refractivity contribution in [2.24, 2.45) is 0 Å². The summed E-state index contributed by atoms with van der Waals surface area (Å²) >= 11 is 0. The molecular formula is C15H11N2. The second kappa shape index (κ2) is 3.98. The Kier molecular flexibility index (Phi) is 2.33. The number of hydrogen-bond acceptors (Lipinski definition) is 2. The molecule has 1 aromatic carbocycles. The monoisotopic (exact) mass is 219 g/mol. The maximum Gasteiger partial charge on any atom is 0.0743 e. The predicted molar refractivity (Wildman–Crippen MR) is 68.5 cm³/mol. The highest BCUT2D eigenvalue weighted by atomic mass is 14.7. The molecule has 0 fully saturated rings. The molecule has 2 heteroatoms. The SMILES string of the molecule is Cc1nccc2nc(-c3[c]cccc3)ccc12. The lowest BCUT2D eigenvalue weighted by atomic mass is 10.1.